The SMILES string of the molecule is CC(C)(C)OC(=O)CC(CC(C=O)O[Si](c1ccccc1)(c1ccccc1)C(C)(C)C)O[Si](c1ccccc1)(c1ccccc1)C(C)(C)C. The van der Waals surface area contributed by atoms with E-state index >= 15 is 0 Å². The Morgan fingerprint density at radius 2 is 0.898 bits per heavy atom. The maximum absolute atomic E-state index is 13.6. The van der Waals surface area contributed by atoms with Gasteiger partial charge in [-0.05, 0) is 51.6 Å². The fourth-order valence-electron chi connectivity index (χ4n) is 6.99. The van der Waals surface area contributed by atoms with E-state index in [9.17, 15) is 9.59 Å². The minimum Gasteiger partial charge on any atom is -0.460 e. The number of hydrogen-bond acceptors (Lipinski definition) is 5. The molecule has 5 nitrogen and oxygen atoms in total. The van der Waals surface area contributed by atoms with Crippen molar-refractivity contribution in [2.45, 2.75) is 103 Å². The average Bonchev–Trinajstić information content (AvgIpc) is 3.05. The fraction of sp³-hybridized carbons (Fsp3) is 0.381. The van der Waals surface area contributed by atoms with Crippen LogP contribution in [-0.4, -0.2) is 46.7 Å². The molecule has 0 radical (unpaired) electrons. The number of ether oxygens (including phenoxy) is 1. The molecule has 7 heteroatoms. The predicted octanol–water partition coefficient (Wildman–Crippen LogP) is 7.20. The van der Waals surface area contributed by atoms with Crippen LogP contribution in [0.3, 0.4) is 0 Å². The van der Waals surface area contributed by atoms with Crippen LogP contribution in [0.2, 0.25) is 10.1 Å². The number of hydrogen-bond donors (Lipinski definition) is 0. The molecule has 0 saturated heterocycles. The maximum Gasteiger partial charge on any atom is 0.308 e. The first-order chi connectivity index (χ1) is 23.0. The van der Waals surface area contributed by atoms with E-state index in [1.54, 1.807) is 0 Å². The summed E-state index contributed by atoms with van der Waals surface area (Å²) in [5, 5.41) is 3.68. The lowest BCUT2D eigenvalue weighted by Gasteiger charge is -2.47. The van der Waals surface area contributed by atoms with Crippen molar-refractivity contribution in [1.29, 1.82) is 0 Å². The number of benzene rings is 4. The third-order valence-electron chi connectivity index (χ3n) is 8.97. The van der Waals surface area contributed by atoms with Crippen molar-refractivity contribution in [2.75, 3.05) is 0 Å². The second-order valence-electron chi connectivity index (χ2n) is 15.9. The minimum atomic E-state index is -3.11. The molecule has 4 aromatic carbocycles. The monoisotopic (exact) mass is 694 g/mol. The number of carbonyl (C=O) groups excluding carboxylic acids is 2. The molecule has 0 N–H and O–H groups in total. The second-order valence-corrected chi connectivity index (χ2v) is 24.4. The first-order valence-electron chi connectivity index (χ1n) is 17.3. The summed E-state index contributed by atoms with van der Waals surface area (Å²) in [6.07, 6.45) is -0.448. The molecule has 0 amide bonds. The highest BCUT2D eigenvalue weighted by molar-refractivity contribution is 7.00. The summed E-state index contributed by atoms with van der Waals surface area (Å²) in [5.74, 6) is -0.370. The van der Waals surface area contributed by atoms with Gasteiger partial charge >= 0.3 is 5.97 Å². The topological polar surface area (TPSA) is 61.8 Å². The summed E-state index contributed by atoms with van der Waals surface area (Å²) in [6, 6.07) is 41.3. The van der Waals surface area contributed by atoms with Crippen LogP contribution in [0.15, 0.2) is 121 Å². The minimum absolute atomic E-state index is 0.0176. The lowest BCUT2D eigenvalue weighted by molar-refractivity contribution is -0.157. The summed E-state index contributed by atoms with van der Waals surface area (Å²) >= 11 is 0. The van der Waals surface area contributed by atoms with E-state index in [1.807, 2.05) is 93.6 Å². The van der Waals surface area contributed by atoms with Crippen LogP contribution in [0.25, 0.3) is 0 Å². The number of carbonyl (C=O) groups is 2. The zero-order valence-corrected chi connectivity index (χ0v) is 32.7. The molecule has 0 aliphatic rings. The van der Waals surface area contributed by atoms with Crippen LogP contribution in [0.1, 0.15) is 75.2 Å². The van der Waals surface area contributed by atoms with E-state index < -0.39 is 34.4 Å². The molecule has 49 heavy (non-hydrogen) atoms. The van der Waals surface area contributed by atoms with Crippen molar-refractivity contribution < 1.29 is 23.2 Å². The first kappa shape index (κ1) is 38.2. The van der Waals surface area contributed by atoms with Gasteiger partial charge in [-0.1, -0.05) is 163 Å². The number of aldehydes is 1. The number of esters is 1. The lowest BCUT2D eigenvalue weighted by Crippen LogP contribution is -2.69. The molecule has 0 fully saturated rings. The Labute approximate surface area is 296 Å². The zero-order chi connectivity index (χ0) is 35.9. The van der Waals surface area contributed by atoms with Crippen LogP contribution in [0.5, 0.6) is 0 Å². The van der Waals surface area contributed by atoms with Gasteiger partial charge in [0.25, 0.3) is 16.6 Å². The van der Waals surface area contributed by atoms with Gasteiger partial charge in [0.1, 0.15) is 18.0 Å². The molecular weight excluding hydrogens is 641 g/mol. The molecule has 260 valence electrons. The van der Waals surface area contributed by atoms with Gasteiger partial charge in [0.2, 0.25) is 0 Å². The molecule has 0 spiro atoms. The largest absolute Gasteiger partial charge is 0.460 e. The van der Waals surface area contributed by atoms with E-state index in [1.165, 1.54) is 0 Å². The standard InChI is InChI=1S/C42H54O5Si2/c1-40(2,3)45-39(44)31-33(46-48(41(4,5)6,35-22-14-10-15-23-35)36-24-16-11-17-25-36)30-34(32-43)47-49(42(7,8)9,37-26-18-12-19-27-37)38-28-20-13-21-29-38/h10-29,32-34H,30-31H2,1-9H3. The Kier molecular flexibility index (Phi) is 12.1. The van der Waals surface area contributed by atoms with Gasteiger partial charge in [-0.3, -0.25) is 4.79 Å². The van der Waals surface area contributed by atoms with Gasteiger partial charge in [-0.2, -0.15) is 0 Å². The van der Waals surface area contributed by atoms with Gasteiger partial charge in [-0.25, -0.2) is 0 Å². The fourth-order valence-corrected chi connectivity index (χ4v) is 16.3. The first-order valence-corrected chi connectivity index (χ1v) is 21.1. The molecule has 4 rings (SSSR count). The van der Waals surface area contributed by atoms with Crippen molar-refractivity contribution >= 4 is 49.6 Å². The Morgan fingerprint density at radius 3 is 1.18 bits per heavy atom. The molecule has 0 saturated carbocycles. The highest BCUT2D eigenvalue weighted by Gasteiger charge is 2.54. The molecule has 0 aliphatic heterocycles. The van der Waals surface area contributed by atoms with Crippen LogP contribution in [-0.2, 0) is 23.2 Å². The van der Waals surface area contributed by atoms with Crippen molar-refractivity contribution in [3.05, 3.63) is 121 Å². The molecule has 2 unspecified atom stereocenters. The van der Waals surface area contributed by atoms with Gasteiger partial charge in [0.15, 0.2) is 0 Å². The Hall–Kier alpha value is -3.63. The summed E-state index contributed by atoms with van der Waals surface area (Å²) in [5.41, 5.74) is -0.672. The summed E-state index contributed by atoms with van der Waals surface area (Å²) in [4.78, 5) is 26.9. The van der Waals surface area contributed by atoms with Crippen molar-refractivity contribution in [1.82, 2.24) is 0 Å². The average molecular weight is 695 g/mol. The highest BCUT2D eigenvalue weighted by atomic mass is 28.4. The summed E-state index contributed by atoms with van der Waals surface area (Å²) < 4.78 is 20.7. The second kappa shape index (κ2) is 15.5. The van der Waals surface area contributed by atoms with Gasteiger partial charge in [-0.15, -0.1) is 0 Å². The molecule has 0 bridgehead atoms. The summed E-state index contributed by atoms with van der Waals surface area (Å²) in [7, 11) is -6.20. The van der Waals surface area contributed by atoms with E-state index in [0.29, 0.717) is 0 Å². The Morgan fingerprint density at radius 1 is 0.571 bits per heavy atom. The van der Waals surface area contributed by atoms with E-state index in [4.69, 9.17) is 13.6 Å². The molecule has 4 aromatic rings. The van der Waals surface area contributed by atoms with Crippen LogP contribution >= 0.6 is 0 Å². The molecule has 2 atom stereocenters. The van der Waals surface area contributed by atoms with Gasteiger partial charge in [0, 0.05) is 6.42 Å². The summed E-state index contributed by atoms with van der Waals surface area (Å²) in [6.45, 7) is 18.8. The van der Waals surface area contributed by atoms with E-state index in [-0.39, 0.29) is 28.9 Å². The van der Waals surface area contributed by atoms with E-state index in [2.05, 4.69) is 90.1 Å². The van der Waals surface area contributed by atoms with Crippen LogP contribution in [0.4, 0.5) is 0 Å². The van der Waals surface area contributed by atoms with Crippen LogP contribution in [0, 0.1) is 0 Å². The number of rotatable bonds is 13. The molecule has 0 heterocycles. The third kappa shape index (κ3) is 8.76. The van der Waals surface area contributed by atoms with Crippen molar-refractivity contribution in [2.24, 2.45) is 0 Å². The third-order valence-corrected chi connectivity index (χ3v) is 19.1. The lowest BCUT2D eigenvalue weighted by atomic mass is 10.1. The molecule has 0 aliphatic carbocycles. The quantitative estimate of drug-likeness (QED) is 0.0842. The van der Waals surface area contributed by atoms with E-state index in [0.717, 1.165) is 27.0 Å². The maximum atomic E-state index is 13.6. The zero-order valence-electron chi connectivity index (χ0n) is 30.7. The highest BCUT2D eigenvalue weighted by Crippen LogP contribution is 2.40. The molecular formula is C42H54O5Si2. The Bertz CT molecular complexity index is 1540. The Balaban J connectivity index is 1.88. The normalized spacial score (nSPS) is 14.1. The van der Waals surface area contributed by atoms with Crippen LogP contribution < -0.4 is 20.7 Å². The van der Waals surface area contributed by atoms with Gasteiger partial charge < -0.3 is 18.4 Å². The van der Waals surface area contributed by atoms with Gasteiger partial charge in [0.05, 0.1) is 12.5 Å². The smallest absolute Gasteiger partial charge is 0.308 e. The predicted molar refractivity (Wildman–Crippen MR) is 206 cm³/mol. The van der Waals surface area contributed by atoms with Crippen molar-refractivity contribution in [3.63, 3.8) is 0 Å². The molecule has 0 aromatic heterocycles. The van der Waals surface area contributed by atoms with Crippen molar-refractivity contribution in [3.8, 4) is 0 Å².